The van der Waals surface area contributed by atoms with Crippen molar-refractivity contribution >= 4 is 78.5 Å². The molecule has 0 aliphatic carbocycles. The van der Waals surface area contributed by atoms with E-state index in [0.717, 1.165) is 0 Å². The second-order valence-corrected chi connectivity index (χ2v) is 28.3. The lowest BCUT2D eigenvalue weighted by molar-refractivity contribution is 1.55. The highest BCUT2D eigenvalue weighted by Gasteiger charge is 2.46. The van der Waals surface area contributed by atoms with Crippen LogP contribution in [0.15, 0.2) is 364 Å². The summed E-state index contributed by atoms with van der Waals surface area (Å²) in [5, 5.41) is 7.86. The molecule has 0 aromatic heterocycles. The quantitative estimate of drug-likeness (QED) is 0.0946. The van der Waals surface area contributed by atoms with Gasteiger partial charge in [0.25, 0.3) is 0 Å². The first kappa shape index (κ1) is 57.1. The summed E-state index contributed by atoms with van der Waals surface area (Å²) in [5.74, 6) is 0. The summed E-state index contributed by atoms with van der Waals surface area (Å²) in [7, 11) is 0. The minimum atomic E-state index is -0.0492. The minimum absolute atomic E-state index is 0.0492. The van der Waals surface area contributed by atoms with Crippen molar-refractivity contribution in [3.8, 4) is 156 Å². The Morgan fingerprint density at radius 2 is 0.373 bits per heavy atom. The molecule has 18 aromatic carbocycles. The topological polar surface area (TPSA) is 0 Å². The Balaban J connectivity index is 0.997. The van der Waals surface area contributed by atoms with Crippen molar-refractivity contribution in [1.29, 1.82) is 0 Å². The third kappa shape index (κ3) is 8.42. The van der Waals surface area contributed by atoms with Crippen LogP contribution in [0.3, 0.4) is 0 Å². The molecule has 0 nitrogen and oxygen atoms in total. The van der Waals surface area contributed by atoms with Gasteiger partial charge >= 0.3 is 0 Å². The van der Waals surface area contributed by atoms with E-state index in [1.165, 1.54) is 221 Å². The maximum absolute atomic E-state index is 2.73. The fourth-order valence-electron chi connectivity index (χ4n) is 18.8. The lowest BCUT2D eigenvalue weighted by atomic mass is 9.34. The van der Waals surface area contributed by atoms with E-state index in [9.17, 15) is 0 Å². The first-order valence-corrected chi connectivity index (χ1v) is 35.9. The Morgan fingerprint density at radius 1 is 0.137 bits per heavy atom. The molecule has 0 radical (unpaired) electrons. The lowest BCUT2D eigenvalue weighted by Gasteiger charge is -2.34. The molecule has 0 bridgehead atoms. The summed E-state index contributed by atoms with van der Waals surface area (Å²) in [6.07, 6.45) is 0. The molecule has 4 aliphatic heterocycles. The highest BCUT2D eigenvalue weighted by Crippen LogP contribution is 2.56. The van der Waals surface area contributed by atoms with Crippen molar-refractivity contribution in [3.63, 3.8) is 0 Å². The first-order chi connectivity index (χ1) is 50.6. The summed E-state index contributed by atoms with van der Waals surface area (Å²) in [6.45, 7) is -0.0984. The molecule has 0 saturated carbocycles. The Labute approximate surface area is 594 Å². The number of benzene rings is 18. The third-order valence-electron chi connectivity index (χ3n) is 23.0. The normalized spacial score (nSPS) is 12.5. The molecule has 0 spiro atoms. The zero-order valence-corrected chi connectivity index (χ0v) is 55.8. The highest BCUT2D eigenvalue weighted by molar-refractivity contribution is 7.03. The number of hydrogen-bond donors (Lipinski definition) is 0. The zero-order valence-electron chi connectivity index (χ0n) is 55.8. The molecule has 0 N–H and O–H groups in total. The van der Waals surface area contributed by atoms with Crippen molar-refractivity contribution in [2.45, 2.75) is 0 Å². The van der Waals surface area contributed by atoms with Crippen LogP contribution in [0.5, 0.6) is 0 Å². The van der Waals surface area contributed by atoms with Crippen LogP contribution < -0.4 is 32.8 Å². The lowest BCUT2D eigenvalue weighted by Crippen LogP contribution is -2.53. The van der Waals surface area contributed by atoms with Gasteiger partial charge < -0.3 is 0 Å². The molecule has 102 heavy (non-hydrogen) atoms. The van der Waals surface area contributed by atoms with Crippen LogP contribution in [0.2, 0.25) is 0 Å². The first-order valence-electron chi connectivity index (χ1n) is 35.9. The molecular weight excluding hydrogens is 1220 g/mol. The van der Waals surface area contributed by atoms with Gasteiger partial charge in [-0.15, -0.1) is 0 Å². The van der Waals surface area contributed by atoms with E-state index in [1.54, 1.807) is 0 Å². The van der Waals surface area contributed by atoms with Crippen LogP contribution in [-0.4, -0.2) is 13.4 Å². The van der Waals surface area contributed by atoms with Gasteiger partial charge in [0.1, 0.15) is 0 Å². The van der Waals surface area contributed by atoms with Crippen LogP contribution in [-0.2, 0) is 0 Å². The van der Waals surface area contributed by atoms with Crippen molar-refractivity contribution < 1.29 is 0 Å². The molecule has 0 atom stereocenters. The predicted octanol–water partition coefficient (Wildman–Crippen LogP) is 22.2. The van der Waals surface area contributed by atoms with E-state index in [2.05, 4.69) is 364 Å². The number of fused-ring (bicyclic) bond motifs is 10. The van der Waals surface area contributed by atoms with Crippen LogP contribution >= 0.6 is 0 Å². The molecule has 4 aliphatic rings. The Kier molecular flexibility index (Phi) is 12.5. The molecule has 18 aromatic rings. The minimum Gasteiger partial charge on any atom is -0.0664 e. The Morgan fingerprint density at radius 3 is 0.657 bits per heavy atom. The van der Waals surface area contributed by atoms with Crippen molar-refractivity contribution in [3.05, 3.63) is 364 Å². The standard InChI is InChI=1S/C100H60B2/c1-9-29-61(30-10-1)69-49-75(65-37-17-5-18-38-65)93(76(50-69)66-39-19-6-20-40-66)79-57-81-87-55-71(63-33-13-3-14-34-63)53-85-73-45-26-28-48-90(73)102(99(85)87)92-60-84-80(94-77(67-41-21-7-22-42-67)51-70(62-31-11-2-12-32-62)52-78(94)68-43-23-8-24-44-68)58-82-88-56-72(64-35-15-4-16-36-64)54-86-74-46-25-27-47-89(74)101(100(86)88)91-59-83(79)97(95(81)92)98(84)96(82)91/h1-60H. The van der Waals surface area contributed by atoms with Gasteiger partial charge in [0, 0.05) is 0 Å². The fourth-order valence-corrected chi connectivity index (χ4v) is 18.8. The van der Waals surface area contributed by atoms with Crippen LogP contribution in [0.1, 0.15) is 0 Å². The van der Waals surface area contributed by atoms with E-state index >= 15 is 0 Å². The molecule has 2 heteroatoms. The maximum atomic E-state index is 2.73. The summed E-state index contributed by atoms with van der Waals surface area (Å²) in [4.78, 5) is 0. The molecule has 4 heterocycles. The molecule has 466 valence electrons. The van der Waals surface area contributed by atoms with E-state index in [1.807, 2.05) is 0 Å². The fraction of sp³-hybridized carbons (Fsp3) is 0. The molecule has 0 amide bonds. The Hall–Kier alpha value is -12.9. The molecular formula is C100H60B2. The average Bonchev–Trinajstić information content (AvgIpc) is 1.22. The van der Waals surface area contributed by atoms with Crippen LogP contribution in [0, 0.1) is 0 Å². The van der Waals surface area contributed by atoms with Gasteiger partial charge in [-0.2, -0.15) is 0 Å². The average molecular weight is 1280 g/mol. The van der Waals surface area contributed by atoms with Gasteiger partial charge in [-0.05, 0) is 249 Å². The largest absolute Gasteiger partial charge is 0.244 e. The summed E-state index contributed by atoms with van der Waals surface area (Å²) < 4.78 is 0. The van der Waals surface area contributed by atoms with Crippen molar-refractivity contribution in [1.82, 2.24) is 0 Å². The van der Waals surface area contributed by atoms with Gasteiger partial charge in [-0.1, -0.05) is 336 Å². The van der Waals surface area contributed by atoms with E-state index in [0.29, 0.717) is 0 Å². The molecule has 0 unspecified atom stereocenters. The summed E-state index contributed by atoms with van der Waals surface area (Å²) in [5.41, 5.74) is 42.6. The van der Waals surface area contributed by atoms with E-state index in [4.69, 9.17) is 0 Å². The molecule has 0 saturated heterocycles. The van der Waals surface area contributed by atoms with Crippen LogP contribution in [0.4, 0.5) is 0 Å². The maximum Gasteiger partial charge on any atom is 0.244 e. The summed E-state index contributed by atoms with van der Waals surface area (Å²) >= 11 is 0. The van der Waals surface area contributed by atoms with Gasteiger partial charge in [0.05, 0.1) is 0 Å². The molecule has 22 rings (SSSR count). The second-order valence-electron chi connectivity index (χ2n) is 28.3. The zero-order chi connectivity index (χ0) is 66.7. The third-order valence-corrected chi connectivity index (χ3v) is 23.0. The van der Waals surface area contributed by atoms with Gasteiger partial charge in [-0.3, -0.25) is 0 Å². The van der Waals surface area contributed by atoms with Crippen molar-refractivity contribution in [2.24, 2.45) is 0 Å². The predicted molar refractivity (Wildman–Crippen MR) is 436 cm³/mol. The van der Waals surface area contributed by atoms with Gasteiger partial charge in [-0.25, -0.2) is 0 Å². The number of rotatable bonds is 10. The second kappa shape index (κ2) is 22.3. The summed E-state index contributed by atoms with van der Waals surface area (Å²) in [6, 6.07) is 139. The Bertz CT molecular complexity index is 5970. The smallest absolute Gasteiger partial charge is 0.0664 e. The van der Waals surface area contributed by atoms with Gasteiger partial charge in [0.2, 0.25) is 13.4 Å². The number of hydrogen-bond acceptors (Lipinski definition) is 0. The van der Waals surface area contributed by atoms with E-state index < -0.39 is 0 Å². The van der Waals surface area contributed by atoms with Gasteiger partial charge in [0.15, 0.2) is 0 Å². The van der Waals surface area contributed by atoms with E-state index in [-0.39, 0.29) is 13.4 Å². The highest BCUT2D eigenvalue weighted by atomic mass is 14.4. The molecule has 0 fully saturated rings. The SMILES string of the molecule is c1ccc(-c2cc3c4c(c2)-c2cc(-c5c(-c6ccccc6)cc(-c6ccccc6)cc5-c5ccccc5)c5cc6c7c(cc(-c8c(-c9ccccc9)cc(-c9ccccc9)cc8-c8ccccc8)c8cc(c2c5c87)B4c2ccccc2-3)-c2cc(-c3ccccc3)cc3c2B6c2ccccc2-3)cc1. The van der Waals surface area contributed by atoms with Crippen molar-refractivity contribution in [2.75, 3.05) is 0 Å². The monoisotopic (exact) mass is 1280 g/mol. The van der Waals surface area contributed by atoms with Crippen LogP contribution in [0.25, 0.3) is 188 Å².